The van der Waals surface area contributed by atoms with Crippen LogP contribution in [0.15, 0.2) is 243 Å². The van der Waals surface area contributed by atoms with Crippen LogP contribution >= 0.6 is 0 Å². The van der Waals surface area contributed by atoms with E-state index in [4.69, 9.17) is 0 Å². The maximum atomic E-state index is 2.42. The lowest BCUT2D eigenvalue weighted by atomic mass is 9.95. The summed E-state index contributed by atoms with van der Waals surface area (Å²) in [5.74, 6) is 0. The molecule has 11 aromatic rings. The highest BCUT2D eigenvalue weighted by Gasteiger charge is 2.20. The quantitative estimate of drug-likeness (QED) is 0.150. The van der Waals surface area contributed by atoms with Gasteiger partial charge in [0.2, 0.25) is 0 Å². The molecular formula is C58H40N2. The summed E-state index contributed by atoms with van der Waals surface area (Å²) < 4.78 is 2.42. The Balaban J connectivity index is 1.08. The van der Waals surface area contributed by atoms with E-state index in [0.29, 0.717) is 0 Å². The molecule has 0 fully saturated rings. The molecule has 1 heterocycles. The third-order valence-corrected chi connectivity index (χ3v) is 11.8. The Morgan fingerprint density at radius 1 is 0.283 bits per heavy atom. The van der Waals surface area contributed by atoms with E-state index in [1.807, 2.05) is 0 Å². The molecule has 10 aromatic carbocycles. The van der Waals surface area contributed by atoms with Gasteiger partial charge in [-0.25, -0.2) is 0 Å². The van der Waals surface area contributed by atoms with Gasteiger partial charge >= 0.3 is 0 Å². The van der Waals surface area contributed by atoms with Crippen molar-refractivity contribution < 1.29 is 0 Å². The predicted molar refractivity (Wildman–Crippen MR) is 255 cm³/mol. The number of hydrogen-bond acceptors (Lipinski definition) is 1. The van der Waals surface area contributed by atoms with Crippen molar-refractivity contribution in [1.82, 2.24) is 4.57 Å². The molecule has 0 saturated heterocycles. The van der Waals surface area contributed by atoms with Crippen LogP contribution in [0.3, 0.4) is 0 Å². The molecule has 0 atom stereocenters. The maximum Gasteiger partial charge on any atom is 0.0541 e. The maximum absolute atomic E-state index is 2.42. The number of anilines is 3. The minimum absolute atomic E-state index is 1.08. The van der Waals surface area contributed by atoms with Crippen LogP contribution in [0.1, 0.15) is 0 Å². The number of fused-ring (bicyclic) bond motifs is 4. The molecule has 0 bridgehead atoms. The Kier molecular flexibility index (Phi) is 8.87. The summed E-state index contributed by atoms with van der Waals surface area (Å²) in [6.07, 6.45) is 0. The first-order chi connectivity index (χ1) is 29.8. The standard InChI is InChI=1S/C58H40N2/c1-3-16-41(17-4-1)48-34-37-58(54(40-48)43-19-5-2-6-20-43)59(50-23-15-22-46(39-50)47-31-30-42-18-7-8-21-45(42)38-47)49-35-32-44(33-36-49)51-24-9-12-27-55(51)60-56-28-13-10-25-52(56)53-26-11-14-29-57(53)60/h1-40H. The Hall–Kier alpha value is -7.94. The van der Waals surface area contributed by atoms with Gasteiger partial charge in [0.1, 0.15) is 0 Å². The van der Waals surface area contributed by atoms with Crippen molar-refractivity contribution in [1.29, 1.82) is 0 Å². The van der Waals surface area contributed by atoms with E-state index in [9.17, 15) is 0 Å². The van der Waals surface area contributed by atoms with Gasteiger partial charge in [0.25, 0.3) is 0 Å². The Labute approximate surface area is 350 Å². The van der Waals surface area contributed by atoms with Crippen molar-refractivity contribution in [3.05, 3.63) is 243 Å². The first-order valence-corrected chi connectivity index (χ1v) is 20.6. The van der Waals surface area contributed by atoms with Gasteiger partial charge in [0.15, 0.2) is 0 Å². The normalized spacial score (nSPS) is 11.3. The SMILES string of the molecule is c1ccc(-c2ccc(N(c3ccc(-c4ccccc4-n4c5ccccc5c5ccccc54)cc3)c3cccc(-c4ccc5ccccc5c4)c3)c(-c3ccccc3)c2)cc1. The lowest BCUT2D eigenvalue weighted by Gasteiger charge is -2.29. The summed E-state index contributed by atoms with van der Waals surface area (Å²) in [5.41, 5.74) is 16.2. The molecule has 11 rings (SSSR count). The number of nitrogens with zero attached hydrogens (tertiary/aromatic N) is 2. The fraction of sp³-hybridized carbons (Fsp3) is 0. The first kappa shape index (κ1) is 35.2. The largest absolute Gasteiger partial charge is 0.310 e. The molecule has 0 aliphatic heterocycles. The molecule has 1 aromatic heterocycles. The van der Waals surface area contributed by atoms with Crippen LogP contribution in [0.5, 0.6) is 0 Å². The molecule has 60 heavy (non-hydrogen) atoms. The zero-order chi connectivity index (χ0) is 39.8. The van der Waals surface area contributed by atoms with Crippen LogP contribution in [-0.4, -0.2) is 4.57 Å². The van der Waals surface area contributed by atoms with Crippen molar-refractivity contribution >= 4 is 49.6 Å². The smallest absolute Gasteiger partial charge is 0.0541 e. The third-order valence-electron chi connectivity index (χ3n) is 11.8. The second-order valence-electron chi connectivity index (χ2n) is 15.3. The van der Waals surface area contributed by atoms with Crippen molar-refractivity contribution in [2.45, 2.75) is 0 Å². The van der Waals surface area contributed by atoms with Crippen LogP contribution in [-0.2, 0) is 0 Å². The van der Waals surface area contributed by atoms with Gasteiger partial charge in [0.05, 0.1) is 22.4 Å². The van der Waals surface area contributed by atoms with Crippen LogP contribution < -0.4 is 4.90 Å². The molecule has 2 heteroatoms. The molecule has 0 aliphatic carbocycles. The zero-order valence-corrected chi connectivity index (χ0v) is 33.0. The Morgan fingerprint density at radius 3 is 1.57 bits per heavy atom. The van der Waals surface area contributed by atoms with E-state index >= 15 is 0 Å². The topological polar surface area (TPSA) is 8.17 Å². The predicted octanol–water partition coefficient (Wildman–Crippen LogP) is 16.1. The molecule has 282 valence electrons. The molecular weight excluding hydrogens is 725 g/mol. The number of para-hydroxylation sites is 3. The lowest BCUT2D eigenvalue weighted by Crippen LogP contribution is -2.11. The number of rotatable bonds is 8. The molecule has 0 N–H and O–H groups in total. The summed E-state index contributed by atoms with van der Waals surface area (Å²) in [6, 6.07) is 88.0. The monoisotopic (exact) mass is 764 g/mol. The summed E-state index contributed by atoms with van der Waals surface area (Å²) in [5, 5.41) is 4.99. The number of aromatic nitrogens is 1. The highest BCUT2D eigenvalue weighted by molar-refractivity contribution is 6.09. The molecule has 0 saturated carbocycles. The van der Waals surface area contributed by atoms with E-state index in [0.717, 1.165) is 39.4 Å². The number of hydrogen-bond donors (Lipinski definition) is 0. The minimum Gasteiger partial charge on any atom is -0.310 e. The van der Waals surface area contributed by atoms with Gasteiger partial charge in [-0.3, -0.25) is 0 Å². The molecule has 0 amide bonds. The second-order valence-corrected chi connectivity index (χ2v) is 15.3. The van der Waals surface area contributed by atoms with E-state index in [1.165, 1.54) is 60.4 Å². The van der Waals surface area contributed by atoms with Crippen LogP contribution in [0, 0.1) is 0 Å². The van der Waals surface area contributed by atoms with Crippen LogP contribution in [0.25, 0.3) is 82.8 Å². The van der Waals surface area contributed by atoms with Crippen LogP contribution in [0.4, 0.5) is 17.1 Å². The molecule has 2 nitrogen and oxygen atoms in total. The fourth-order valence-corrected chi connectivity index (χ4v) is 8.90. The first-order valence-electron chi connectivity index (χ1n) is 20.6. The van der Waals surface area contributed by atoms with Crippen LogP contribution in [0.2, 0.25) is 0 Å². The van der Waals surface area contributed by atoms with E-state index < -0.39 is 0 Å². The highest BCUT2D eigenvalue weighted by atomic mass is 15.1. The van der Waals surface area contributed by atoms with Gasteiger partial charge in [-0.05, 0) is 105 Å². The average molecular weight is 765 g/mol. The van der Waals surface area contributed by atoms with Gasteiger partial charge in [0, 0.05) is 33.3 Å². The van der Waals surface area contributed by atoms with Gasteiger partial charge in [-0.15, -0.1) is 0 Å². The fourth-order valence-electron chi connectivity index (χ4n) is 8.90. The summed E-state index contributed by atoms with van der Waals surface area (Å²) in [7, 11) is 0. The minimum atomic E-state index is 1.08. The average Bonchev–Trinajstić information content (AvgIpc) is 3.67. The van der Waals surface area contributed by atoms with E-state index in [1.54, 1.807) is 0 Å². The molecule has 0 radical (unpaired) electrons. The van der Waals surface area contributed by atoms with E-state index in [2.05, 4.69) is 252 Å². The van der Waals surface area contributed by atoms with Crippen molar-refractivity contribution in [2.24, 2.45) is 0 Å². The zero-order valence-electron chi connectivity index (χ0n) is 33.0. The highest BCUT2D eigenvalue weighted by Crippen LogP contribution is 2.44. The summed E-state index contributed by atoms with van der Waals surface area (Å²) >= 11 is 0. The Morgan fingerprint density at radius 2 is 0.817 bits per heavy atom. The number of benzene rings is 10. The molecule has 0 aliphatic rings. The summed E-state index contributed by atoms with van der Waals surface area (Å²) in [6.45, 7) is 0. The van der Waals surface area contributed by atoms with Gasteiger partial charge < -0.3 is 9.47 Å². The van der Waals surface area contributed by atoms with Crippen molar-refractivity contribution in [3.8, 4) is 50.2 Å². The lowest BCUT2D eigenvalue weighted by molar-refractivity contribution is 1.18. The second kappa shape index (κ2) is 15.1. The molecule has 0 spiro atoms. The van der Waals surface area contributed by atoms with Gasteiger partial charge in [-0.2, -0.15) is 0 Å². The van der Waals surface area contributed by atoms with Crippen molar-refractivity contribution in [3.63, 3.8) is 0 Å². The van der Waals surface area contributed by atoms with Gasteiger partial charge in [-0.1, -0.05) is 182 Å². The molecule has 0 unspecified atom stereocenters. The third kappa shape index (κ3) is 6.32. The van der Waals surface area contributed by atoms with E-state index in [-0.39, 0.29) is 0 Å². The summed E-state index contributed by atoms with van der Waals surface area (Å²) in [4.78, 5) is 2.42. The van der Waals surface area contributed by atoms with Crippen molar-refractivity contribution in [2.75, 3.05) is 4.90 Å². The Bertz CT molecular complexity index is 3250.